The van der Waals surface area contributed by atoms with Crippen LogP contribution in [0.1, 0.15) is 19.3 Å². The third kappa shape index (κ3) is 0.320. The van der Waals surface area contributed by atoms with Crippen LogP contribution in [0.25, 0.3) is 0 Å². The molecular weight excluding hydrogens is 92.1 g/mol. The summed E-state index contributed by atoms with van der Waals surface area (Å²) in [7, 11) is 0. The molecule has 0 spiro atoms. The van der Waals surface area contributed by atoms with Gasteiger partial charge in [0.2, 0.25) is 0 Å². The van der Waals surface area contributed by atoms with E-state index < -0.39 is 0 Å². The van der Waals surface area contributed by atoms with Crippen molar-refractivity contribution in [3.8, 4) is 0 Å². The van der Waals surface area contributed by atoms with Crippen LogP contribution in [0.15, 0.2) is 0 Å². The maximum Gasteiger partial charge on any atom is 0.0169 e. The normalized spacial score (nSPS) is 52.0. The molecule has 2 aliphatic rings. The SMILES string of the molecule is C1CC2SC2C1. The smallest absolute Gasteiger partial charge is 0.0169 e. The summed E-state index contributed by atoms with van der Waals surface area (Å²) < 4.78 is 0. The Kier molecular flexibility index (Phi) is 0.530. The summed E-state index contributed by atoms with van der Waals surface area (Å²) in [4.78, 5) is 0. The zero-order chi connectivity index (χ0) is 3.98. The van der Waals surface area contributed by atoms with Gasteiger partial charge in [-0.3, -0.25) is 0 Å². The molecule has 2 atom stereocenters. The number of hydrogen-bond donors (Lipinski definition) is 0. The number of hydrogen-bond acceptors (Lipinski definition) is 1. The van der Waals surface area contributed by atoms with Crippen LogP contribution in [-0.4, -0.2) is 10.5 Å². The Labute approximate surface area is 42.3 Å². The molecule has 6 heavy (non-hydrogen) atoms. The minimum atomic E-state index is 1.13. The first kappa shape index (κ1) is 3.36. The lowest BCUT2D eigenvalue weighted by atomic mass is 10.4. The van der Waals surface area contributed by atoms with Crippen molar-refractivity contribution in [1.29, 1.82) is 0 Å². The van der Waals surface area contributed by atoms with Crippen molar-refractivity contribution in [2.75, 3.05) is 0 Å². The van der Waals surface area contributed by atoms with Crippen molar-refractivity contribution >= 4 is 11.8 Å². The quantitative estimate of drug-likeness (QED) is 0.417. The summed E-state index contributed by atoms with van der Waals surface area (Å²) in [5, 5.41) is 2.26. The van der Waals surface area contributed by atoms with E-state index in [4.69, 9.17) is 0 Å². The van der Waals surface area contributed by atoms with Crippen LogP contribution < -0.4 is 0 Å². The lowest BCUT2D eigenvalue weighted by molar-refractivity contribution is 0.880. The van der Waals surface area contributed by atoms with Crippen LogP contribution in [-0.2, 0) is 0 Å². The van der Waals surface area contributed by atoms with Gasteiger partial charge in [-0.05, 0) is 12.8 Å². The van der Waals surface area contributed by atoms with Gasteiger partial charge in [-0.2, -0.15) is 11.8 Å². The van der Waals surface area contributed by atoms with Gasteiger partial charge in [0, 0.05) is 10.5 Å². The summed E-state index contributed by atoms with van der Waals surface area (Å²) in [6, 6.07) is 0. The van der Waals surface area contributed by atoms with Gasteiger partial charge in [-0.15, -0.1) is 0 Å². The molecule has 1 saturated carbocycles. The summed E-state index contributed by atoms with van der Waals surface area (Å²) >= 11 is 2.18. The highest BCUT2D eigenvalue weighted by molar-refractivity contribution is 8.07. The summed E-state index contributed by atoms with van der Waals surface area (Å²) in [6.07, 6.45) is 4.56. The molecule has 0 bridgehead atoms. The standard InChI is InChI=1S/C5H8S/c1-2-4-5(3-1)6-4/h4-5H,1-3H2. The second-order valence-corrected chi connectivity index (χ2v) is 3.63. The Bertz CT molecular complexity index is 62.3. The molecule has 1 aliphatic carbocycles. The van der Waals surface area contributed by atoms with E-state index in [0.717, 1.165) is 10.5 Å². The zero-order valence-corrected chi connectivity index (χ0v) is 4.50. The Morgan fingerprint density at radius 3 is 2.00 bits per heavy atom. The number of rotatable bonds is 0. The van der Waals surface area contributed by atoms with Crippen molar-refractivity contribution in [2.45, 2.75) is 29.8 Å². The molecule has 0 aromatic heterocycles. The zero-order valence-electron chi connectivity index (χ0n) is 3.68. The average molecular weight is 100 g/mol. The first-order valence-electron chi connectivity index (χ1n) is 2.62. The molecule has 1 heteroatoms. The second kappa shape index (κ2) is 0.945. The minimum Gasteiger partial charge on any atom is -0.153 e. The monoisotopic (exact) mass is 100 g/mol. The third-order valence-electron chi connectivity index (χ3n) is 1.66. The van der Waals surface area contributed by atoms with Crippen LogP contribution in [0.2, 0.25) is 0 Å². The molecule has 1 heterocycles. The lowest BCUT2D eigenvalue weighted by Gasteiger charge is -1.80. The fourth-order valence-corrected chi connectivity index (χ4v) is 2.44. The molecular formula is C5H8S. The number of thioether (sulfide) groups is 1. The number of fused-ring (bicyclic) bond motifs is 1. The van der Waals surface area contributed by atoms with Gasteiger partial charge >= 0.3 is 0 Å². The topological polar surface area (TPSA) is 0 Å². The van der Waals surface area contributed by atoms with E-state index in [1.165, 1.54) is 19.3 Å². The third-order valence-corrected chi connectivity index (χ3v) is 3.18. The van der Waals surface area contributed by atoms with Crippen molar-refractivity contribution < 1.29 is 0 Å². The average Bonchev–Trinajstić information content (AvgIpc) is 2.17. The molecule has 0 aromatic rings. The predicted molar refractivity (Wildman–Crippen MR) is 29.0 cm³/mol. The fraction of sp³-hybridized carbons (Fsp3) is 1.00. The molecule has 2 rings (SSSR count). The van der Waals surface area contributed by atoms with Gasteiger partial charge in [0.25, 0.3) is 0 Å². The Hall–Kier alpha value is 0.350. The largest absolute Gasteiger partial charge is 0.153 e. The molecule has 0 nitrogen and oxygen atoms in total. The van der Waals surface area contributed by atoms with Crippen molar-refractivity contribution in [3.05, 3.63) is 0 Å². The van der Waals surface area contributed by atoms with Gasteiger partial charge < -0.3 is 0 Å². The van der Waals surface area contributed by atoms with Crippen LogP contribution >= 0.6 is 11.8 Å². The van der Waals surface area contributed by atoms with Crippen LogP contribution in [0.5, 0.6) is 0 Å². The van der Waals surface area contributed by atoms with E-state index in [0.29, 0.717) is 0 Å². The maximum absolute atomic E-state index is 2.18. The van der Waals surface area contributed by atoms with E-state index in [-0.39, 0.29) is 0 Å². The van der Waals surface area contributed by atoms with Gasteiger partial charge in [0.15, 0.2) is 0 Å². The molecule has 0 radical (unpaired) electrons. The highest BCUT2D eigenvalue weighted by Gasteiger charge is 2.41. The molecule has 1 aliphatic heterocycles. The van der Waals surface area contributed by atoms with Crippen molar-refractivity contribution in [3.63, 3.8) is 0 Å². The maximum atomic E-state index is 2.18. The molecule has 0 N–H and O–H groups in total. The molecule has 2 unspecified atom stereocenters. The summed E-state index contributed by atoms with van der Waals surface area (Å²) in [5.41, 5.74) is 0. The first-order valence-corrected chi connectivity index (χ1v) is 3.56. The second-order valence-electron chi connectivity index (χ2n) is 2.14. The van der Waals surface area contributed by atoms with E-state index in [2.05, 4.69) is 11.8 Å². The summed E-state index contributed by atoms with van der Waals surface area (Å²) in [6.45, 7) is 0. The van der Waals surface area contributed by atoms with Crippen LogP contribution in [0.3, 0.4) is 0 Å². The van der Waals surface area contributed by atoms with E-state index in [1.807, 2.05) is 0 Å². The molecule has 0 amide bonds. The molecule has 2 fully saturated rings. The van der Waals surface area contributed by atoms with Gasteiger partial charge in [0.05, 0.1) is 0 Å². The van der Waals surface area contributed by atoms with Gasteiger partial charge in [-0.25, -0.2) is 0 Å². The van der Waals surface area contributed by atoms with E-state index >= 15 is 0 Å². The Morgan fingerprint density at radius 1 is 1.17 bits per heavy atom. The first-order chi connectivity index (χ1) is 2.97. The van der Waals surface area contributed by atoms with Gasteiger partial charge in [-0.1, -0.05) is 6.42 Å². The highest BCUT2D eigenvalue weighted by Crippen LogP contribution is 2.52. The Balaban J connectivity index is 2.09. The molecule has 0 aromatic carbocycles. The minimum absolute atomic E-state index is 1.13. The van der Waals surface area contributed by atoms with Crippen molar-refractivity contribution in [2.24, 2.45) is 0 Å². The fourth-order valence-electron chi connectivity index (χ4n) is 1.21. The van der Waals surface area contributed by atoms with Crippen LogP contribution in [0.4, 0.5) is 0 Å². The van der Waals surface area contributed by atoms with Crippen LogP contribution in [0, 0.1) is 0 Å². The summed E-state index contributed by atoms with van der Waals surface area (Å²) in [5.74, 6) is 0. The van der Waals surface area contributed by atoms with E-state index in [9.17, 15) is 0 Å². The lowest BCUT2D eigenvalue weighted by Crippen LogP contribution is -1.74. The predicted octanol–water partition coefficient (Wildman–Crippen LogP) is 1.65. The Morgan fingerprint density at radius 2 is 1.83 bits per heavy atom. The van der Waals surface area contributed by atoms with Crippen molar-refractivity contribution in [1.82, 2.24) is 0 Å². The molecule has 1 saturated heterocycles. The van der Waals surface area contributed by atoms with Gasteiger partial charge in [0.1, 0.15) is 0 Å². The highest BCUT2D eigenvalue weighted by atomic mass is 32.2. The molecule has 34 valence electrons. The van der Waals surface area contributed by atoms with E-state index in [1.54, 1.807) is 0 Å².